The Kier molecular flexibility index (Phi) is 2.22. The van der Waals surface area contributed by atoms with Gasteiger partial charge in [0, 0.05) is 5.56 Å². The second kappa shape index (κ2) is 3.04. The number of aromatic hydroxyl groups is 1. The molecule has 1 atom stereocenters. The molecule has 0 aliphatic rings. The van der Waals surface area contributed by atoms with Crippen LogP contribution in [0.5, 0.6) is 5.75 Å². The third kappa shape index (κ3) is 1.76. The summed E-state index contributed by atoms with van der Waals surface area (Å²) >= 11 is 0. The van der Waals surface area contributed by atoms with Crippen molar-refractivity contribution < 1.29 is 9.50 Å². The summed E-state index contributed by atoms with van der Waals surface area (Å²) in [6, 6.07) is 5.11. The maximum absolute atomic E-state index is 12.7. The van der Waals surface area contributed by atoms with Gasteiger partial charge in [0.15, 0.2) is 0 Å². The van der Waals surface area contributed by atoms with Crippen LogP contribution in [-0.2, 0) is 5.54 Å². The molecule has 0 fully saturated rings. The first-order valence-electron chi connectivity index (χ1n) is 3.66. The van der Waals surface area contributed by atoms with E-state index in [1.54, 1.807) is 6.07 Å². The smallest absolute Gasteiger partial charge is 0.130 e. The summed E-state index contributed by atoms with van der Waals surface area (Å²) in [7, 11) is 0. The first kappa shape index (κ1) is 9.49. The molecule has 0 saturated heterocycles. The van der Waals surface area contributed by atoms with Gasteiger partial charge < -0.3 is 10.8 Å². The lowest BCUT2D eigenvalue weighted by molar-refractivity contribution is 0.450. The van der Waals surface area contributed by atoms with Crippen LogP contribution in [0.15, 0.2) is 18.2 Å². The molecule has 0 amide bonds. The van der Waals surface area contributed by atoms with E-state index in [2.05, 4.69) is 0 Å². The van der Waals surface area contributed by atoms with Crippen LogP contribution in [0.25, 0.3) is 0 Å². The molecule has 0 aliphatic heterocycles. The van der Waals surface area contributed by atoms with Gasteiger partial charge in [0.2, 0.25) is 0 Å². The lowest BCUT2D eigenvalue weighted by Crippen LogP contribution is -2.31. The number of rotatable bonds is 1. The van der Waals surface area contributed by atoms with Gasteiger partial charge in [-0.15, -0.1) is 0 Å². The minimum atomic E-state index is -1.37. The van der Waals surface area contributed by atoms with Crippen molar-refractivity contribution in [2.45, 2.75) is 12.5 Å². The Morgan fingerprint density at radius 1 is 1.62 bits per heavy atom. The van der Waals surface area contributed by atoms with E-state index in [-0.39, 0.29) is 11.3 Å². The van der Waals surface area contributed by atoms with Crippen molar-refractivity contribution in [3.63, 3.8) is 0 Å². The molecule has 13 heavy (non-hydrogen) atoms. The van der Waals surface area contributed by atoms with Crippen molar-refractivity contribution in [3.8, 4) is 11.8 Å². The number of phenols is 1. The van der Waals surface area contributed by atoms with Crippen LogP contribution < -0.4 is 5.73 Å². The summed E-state index contributed by atoms with van der Waals surface area (Å²) in [6.45, 7) is 1.40. The highest BCUT2D eigenvalue weighted by molar-refractivity contribution is 5.41. The number of nitrogens with two attached hydrogens (primary N) is 1. The van der Waals surface area contributed by atoms with E-state index in [4.69, 9.17) is 11.0 Å². The van der Waals surface area contributed by atoms with Crippen molar-refractivity contribution >= 4 is 0 Å². The van der Waals surface area contributed by atoms with Crippen molar-refractivity contribution in [3.05, 3.63) is 29.6 Å². The predicted octanol–water partition coefficient (Wildman–Crippen LogP) is 1.23. The molecule has 1 rings (SSSR count). The van der Waals surface area contributed by atoms with E-state index in [0.717, 1.165) is 12.1 Å². The second-order valence-corrected chi connectivity index (χ2v) is 2.98. The highest BCUT2D eigenvalue weighted by atomic mass is 19.1. The Balaban J connectivity index is 3.30. The van der Waals surface area contributed by atoms with E-state index < -0.39 is 11.4 Å². The molecule has 0 bridgehead atoms. The first-order valence-corrected chi connectivity index (χ1v) is 3.66. The topological polar surface area (TPSA) is 70.0 Å². The number of halogens is 1. The number of benzene rings is 1. The van der Waals surface area contributed by atoms with Crippen LogP contribution in [0.2, 0.25) is 0 Å². The molecule has 3 nitrogen and oxygen atoms in total. The van der Waals surface area contributed by atoms with Gasteiger partial charge in [0.05, 0.1) is 6.07 Å². The third-order valence-electron chi connectivity index (χ3n) is 1.75. The summed E-state index contributed by atoms with van der Waals surface area (Å²) < 4.78 is 12.7. The molecule has 0 saturated carbocycles. The van der Waals surface area contributed by atoms with Gasteiger partial charge in [0.25, 0.3) is 0 Å². The lowest BCUT2D eigenvalue weighted by atomic mass is 9.94. The van der Waals surface area contributed by atoms with Gasteiger partial charge >= 0.3 is 0 Å². The largest absolute Gasteiger partial charge is 0.508 e. The van der Waals surface area contributed by atoms with Gasteiger partial charge in [-0.25, -0.2) is 4.39 Å². The van der Waals surface area contributed by atoms with E-state index in [1.807, 2.05) is 0 Å². The quantitative estimate of drug-likeness (QED) is 0.682. The number of nitrogens with zero attached hydrogens (tertiary/aromatic N) is 1. The minimum Gasteiger partial charge on any atom is -0.508 e. The number of phenolic OH excluding ortho intramolecular Hbond substituents is 1. The molecule has 4 heteroatoms. The minimum absolute atomic E-state index is 0.0926. The summed E-state index contributed by atoms with van der Waals surface area (Å²) in [4.78, 5) is 0. The van der Waals surface area contributed by atoms with Crippen LogP contribution in [0.4, 0.5) is 4.39 Å². The molecule has 68 valence electrons. The maximum Gasteiger partial charge on any atom is 0.130 e. The zero-order valence-corrected chi connectivity index (χ0v) is 7.08. The summed E-state index contributed by atoms with van der Waals surface area (Å²) in [5.41, 5.74) is 4.24. The first-order chi connectivity index (χ1) is 5.97. The fraction of sp³-hybridized carbons (Fsp3) is 0.222. The number of hydrogen-bond donors (Lipinski definition) is 2. The number of hydrogen-bond acceptors (Lipinski definition) is 3. The Hall–Kier alpha value is -1.60. The molecular formula is C9H9FN2O. The highest BCUT2D eigenvalue weighted by Crippen LogP contribution is 2.27. The van der Waals surface area contributed by atoms with Crippen LogP contribution in [0.3, 0.4) is 0 Å². The van der Waals surface area contributed by atoms with Crippen molar-refractivity contribution in [1.82, 2.24) is 0 Å². The number of nitriles is 1. The molecule has 0 unspecified atom stereocenters. The predicted molar refractivity (Wildman–Crippen MR) is 45.2 cm³/mol. The van der Waals surface area contributed by atoms with Crippen LogP contribution in [0.1, 0.15) is 12.5 Å². The van der Waals surface area contributed by atoms with Crippen molar-refractivity contribution in [1.29, 1.82) is 5.26 Å². The van der Waals surface area contributed by atoms with Crippen LogP contribution in [-0.4, -0.2) is 5.11 Å². The van der Waals surface area contributed by atoms with E-state index in [1.165, 1.54) is 13.0 Å². The summed E-state index contributed by atoms with van der Waals surface area (Å²) in [5, 5.41) is 18.0. The Bertz CT molecular complexity index is 368. The molecule has 3 N–H and O–H groups in total. The third-order valence-corrected chi connectivity index (χ3v) is 1.75. The summed E-state index contributed by atoms with van der Waals surface area (Å²) in [5.74, 6) is -0.701. The standard InChI is InChI=1S/C9H9FN2O/c1-9(12,5-11)7-4-6(10)2-3-8(7)13/h2-4,13H,12H2,1H3/t9-/m0/s1. The lowest BCUT2D eigenvalue weighted by Gasteiger charge is -2.16. The van der Waals surface area contributed by atoms with Crippen molar-refractivity contribution in [2.75, 3.05) is 0 Å². The second-order valence-electron chi connectivity index (χ2n) is 2.98. The fourth-order valence-corrected chi connectivity index (χ4v) is 0.984. The van der Waals surface area contributed by atoms with Crippen LogP contribution >= 0.6 is 0 Å². The Morgan fingerprint density at radius 3 is 2.77 bits per heavy atom. The zero-order valence-electron chi connectivity index (χ0n) is 7.08. The van der Waals surface area contributed by atoms with E-state index in [9.17, 15) is 9.50 Å². The fourth-order valence-electron chi connectivity index (χ4n) is 0.984. The van der Waals surface area contributed by atoms with Gasteiger partial charge in [-0.2, -0.15) is 5.26 Å². The molecule has 0 spiro atoms. The zero-order chi connectivity index (χ0) is 10.1. The van der Waals surface area contributed by atoms with E-state index >= 15 is 0 Å². The molecular weight excluding hydrogens is 171 g/mol. The average Bonchev–Trinajstić information content (AvgIpc) is 2.09. The van der Waals surface area contributed by atoms with Gasteiger partial charge in [-0.05, 0) is 25.1 Å². The molecule has 0 aromatic heterocycles. The molecule has 0 heterocycles. The monoisotopic (exact) mass is 180 g/mol. The Morgan fingerprint density at radius 2 is 2.23 bits per heavy atom. The van der Waals surface area contributed by atoms with Gasteiger partial charge in [0.1, 0.15) is 17.1 Å². The normalized spacial score (nSPS) is 14.6. The molecule has 1 aromatic rings. The molecule has 0 radical (unpaired) electrons. The Labute approximate surface area is 75.2 Å². The maximum atomic E-state index is 12.7. The summed E-state index contributed by atoms with van der Waals surface area (Å²) in [6.07, 6.45) is 0. The van der Waals surface area contributed by atoms with Gasteiger partial charge in [-0.1, -0.05) is 0 Å². The highest BCUT2D eigenvalue weighted by Gasteiger charge is 2.24. The van der Waals surface area contributed by atoms with Gasteiger partial charge in [-0.3, -0.25) is 0 Å². The van der Waals surface area contributed by atoms with Crippen molar-refractivity contribution in [2.24, 2.45) is 5.73 Å². The average molecular weight is 180 g/mol. The van der Waals surface area contributed by atoms with Crippen LogP contribution in [0, 0.1) is 17.1 Å². The van der Waals surface area contributed by atoms with E-state index in [0.29, 0.717) is 0 Å². The SMILES string of the molecule is C[C@](N)(C#N)c1cc(F)ccc1O. The molecule has 1 aromatic carbocycles. The molecule has 0 aliphatic carbocycles.